The van der Waals surface area contributed by atoms with Crippen LogP contribution in [0.1, 0.15) is 25.3 Å². The van der Waals surface area contributed by atoms with Gasteiger partial charge < -0.3 is 4.74 Å². The van der Waals surface area contributed by atoms with E-state index in [4.69, 9.17) is 4.74 Å². The van der Waals surface area contributed by atoms with Crippen LogP contribution in [0.15, 0.2) is 53.4 Å². The minimum atomic E-state index is -0.175. The molecule has 0 amide bonds. The van der Waals surface area contributed by atoms with Crippen LogP contribution >= 0.6 is 23.5 Å². The summed E-state index contributed by atoms with van der Waals surface area (Å²) in [6.45, 7) is 2.93. The van der Waals surface area contributed by atoms with E-state index in [1.165, 1.54) is 23.4 Å². The van der Waals surface area contributed by atoms with Crippen LogP contribution in [0.5, 0.6) is 5.75 Å². The van der Waals surface area contributed by atoms with Crippen molar-refractivity contribution in [2.75, 3.05) is 18.1 Å². The molecule has 0 spiro atoms. The van der Waals surface area contributed by atoms with E-state index >= 15 is 0 Å². The first-order chi connectivity index (χ1) is 11.3. The molecule has 2 rings (SSSR count). The number of rotatable bonds is 10. The number of benzene rings is 2. The van der Waals surface area contributed by atoms with Gasteiger partial charge in [-0.25, -0.2) is 4.39 Å². The molecule has 0 saturated carbocycles. The molecule has 0 aromatic heterocycles. The second-order valence-electron chi connectivity index (χ2n) is 5.20. The molecule has 1 nitrogen and oxygen atoms in total. The predicted octanol–water partition coefficient (Wildman–Crippen LogP) is 6.03. The van der Waals surface area contributed by atoms with Gasteiger partial charge in [-0.05, 0) is 60.2 Å². The van der Waals surface area contributed by atoms with E-state index in [2.05, 4.69) is 25.1 Å². The fourth-order valence-corrected chi connectivity index (χ4v) is 3.70. The lowest BCUT2D eigenvalue weighted by atomic mass is 10.2. The topological polar surface area (TPSA) is 9.23 Å². The monoisotopic (exact) mass is 350 g/mol. The van der Waals surface area contributed by atoms with Gasteiger partial charge in [0.15, 0.2) is 0 Å². The molecule has 0 aliphatic rings. The quantitative estimate of drug-likeness (QED) is 0.382. The van der Waals surface area contributed by atoms with Crippen molar-refractivity contribution in [1.29, 1.82) is 0 Å². The van der Waals surface area contributed by atoms with Gasteiger partial charge in [0.2, 0.25) is 0 Å². The first kappa shape index (κ1) is 18.2. The summed E-state index contributed by atoms with van der Waals surface area (Å²) in [6.07, 6.45) is 2.19. The molecule has 0 unspecified atom stereocenters. The first-order valence-electron chi connectivity index (χ1n) is 7.96. The fourth-order valence-electron chi connectivity index (χ4n) is 2.00. The maximum absolute atomic E-state index is 12.8. The Balaban J connectivity index is 1.60. The standard InChI is InChI=1S/C19H23FOS2/c1-2-12-23-19-6-3-5-18(14-19)21-11-4-13-22-15-16-7-9-17(20)10-8-16/h3,5-10,14H,2,4,11-13,15H2,1H3. The lowest BCUT2D eigenvalue weighted by Gasteiger charge is -2.08. The number of thioether (sulfide) groups is 2. The zero-order chi connectivity index (χ0) is 16.3. The molecular formula is C19H23FOS2. The predicted molar refractivity (Wildman–Crippen MR) is 100 cm³/mol. The van der Waals surface area contributed by atoms with Crippen molar-refractivity contribution in [3.8, 4) is 5.75 Å². The molecular weight excluding hydrogens is 327 g/mol. The maximum atomic E-state index is 12.8. The summed E-state index contributed by atoms with van der Waals surface area (Å²) < 4.78 is 18.6. The van der Waals surface area contributed by atoms with Gasteiger partial charge in [-0.15, -0.1) is 11.8 Å². The van der Waals surface area contributed by atoms with Crippen LogP contribution < -0.4 is 4.74 Å². The Morgan fingerprint density at radius 3 is 2.65 bits per heavy atom. The van der Waals surface area contributed by atoms with Crippen molar-refractivity contribution in [2.24, 2.45) is 0 Å². The van der Waals surface area contributed by atoms with Crippen LogP contribution in [0.25, 0.3) is 0 Å². The van der Waals surface area contributed by atoms with Gasteiger partial charge in [0.1, 0.15) is 11.6 Å². The van der Waals surface area contributed by atoms with Gasteiger partial charge >= 0.3 is 0 Å². The molecule has 0 fully saturated rings. The Labute approximate surface area is 147 Å². The largest absolute Gasteiger partial charge is 0.494 e. The van der Waals surface area contributed by atoms with E-state index in [1.54, 1.807) is 0 Å². The number of hydrogen-bond acceptors (Lipinski definition) is 3. The molecule has 0 bridgehead atoms. The van der Waals surface area contributed by atoms with Crippen molar-refractivity contribution in [3.05, 3.63) is 59.9 Å². The molecule has 2 aromatic carbocycles. The van der Waals surface area contributed by atoms with Gasteiger partial charge in [-0.3, -0.25) is 0 Å². The Kier molecular flexibility index (Phi) is 8.40. The van der Waals surface area contributed by atoms with E-state index in [9.17, 15) is 4.39 Å². The lowest BCUT2D eigenvalue weighted by Crippen LogP contribution is -1.99. The fraction of sp³-hybridized carbons (Fsp3) is 0.368. The number of ether oxygens (including phenoxy) is 1. The SMILES string of the molecule is CCCSc1cccc(OCCCSCc2ccc(F)cc2)c1. The van der Waals surface area contributed by atoms with Crippen molar-refractivity contribution < 1.29 is 9.13 Å². The number of halogens is 1. The van der Waals surface area contributed by atoms with E-state index in [1.807, 2.05) is 41.7 Å². The van der Waals surface area contributed by atoms with Gasteiger partial charge in [0, 0.05) is 10.6 Å². The summed E-state index contributed by atoms with van der Waals surface area (Å²) in [5.41, 5.74) is 1.16. The minimum absolute atomic E-state index is 0.175. The third kappa shape index (κ3) is 7.32. The molecule has 0 radical (unpaired) electrons. The molecule has 4 heteroatoms. The lowest BCUT2D eigenvalue weighted by molar-refractivity contribution is 0.318. The van der Waals surface area contributed by atoms with Crippen LogP contribution in [-0.2, 0) is 5.75 Å². The summed E-state index contributed by atoms with van der Waals surface area (Å²) in [7, 11) is 0. The molecule has 0 aliphatic carbocycles. The third-order valence-electron chi connectivity index (χ3n) is 3.16. The van der Waals surface area contributed by atoms with Crippen molar-refractivity contribution in [1.82, 2.24) is 0 Å². The molecule has 0 heterocycles. The smallest absolute Gasteiger partial charge is 0.123 e. The average Bonchev–Trinajstić information content (AvgIpc) is 2.58. The zero-order valence-electron chi connectivity index (χ0n) is 13.5. The van der Waals surface area contributed by atoms with Crippen molar-refractivity contribution >= 4 is 23.5 Å². The third-order valence-corrected chi connectivity index (χ3v) is 5.48. The summed E-state index contributed by atoms with van der Waals surface area (Å²) in [4.78, 5) is 1.27. The van der Waals surface area contributed by atoms with Gasteiger partial charge in [0.05, 0.1) is 6.61 Å². The molecule has 0 aliphatic heterocycles. The van der Waals surface area contributed by atoms with E-state index < -0.39 is 0 Å². The molecule has 124 valence electrons. The highest BCUT2D eigenvalue weighted by atomic mass is 32.2. The van der Waals surface area contributed by atoms with Crippen LogP contribution in [-0.4, -0.2) is 18.1 Å². The molecule has 2 aromatic rings. The molecule has 0 N–H and O–H groups in total. The van der Waals surface area contributed by atoms with Crippen LogP contribution in [0.4, 0.5) is 4.39 Å². The highest BCUT2D eigenvalue weighted by molar-refractivity contribution is 7.99. The molecule has 0 atom stereocenters. The highest BCUT2D eigenvalue weighted by Gasteiger charge is 1.99. The molecule has 23 heavy (non-hydrogen) atoms. The normalized spacial score (nSPS) is 10.7. The second-order valence-corrected chi connectivity index (χ2v) is 7.48. The Morgan fingerprint density at radius 2 is 1.87 bits per heavy atom. The summed E-state index contributed by atoms with van der Waals surface area (Å²) in [6, 6.07) is 15.0. The van der Waals surface area contributed by atoms with E-state index in [0.29, 0.717) is 0 Å². The van der Waals surface area contributed by atoms with Crippen molar-refractivity contribution in [3.63, 3.8) is 0 Å². The minimum Gasteiger partial charge on any atom is -0.494 e. The Morgan fingerprint density at radius 1 is 1.04 bits per heavy atom. The van der Waals surface area contributed by atoms with Gasteiger partial charge in [-0.2, -0.15) is 11.8 Å². The van der Waals surface area contributed by atoms with Gasteiger partial charge in [0.25, 0.3) is 0 Å². The van der Waals surface area contributed by atoms with Crippen molar-refractivity contribution in [2.45, 2.75) is 30.4 Å². The van der Waals surface area contributed by atoms with Crippen LogP contribution in [0.3, 0.4) is 0 Å². The van der Waals surface area contributed by atoms with E-state index in [0.717, 1.165) is 41.6 Å². The average molecular weight is 351 g/mol. The zero-order valence-corrected chi connectivity index (χ0v) is 15.1. The Bertz CT molecular complexity index is 572. The first-order valence-corrected chi connectivity index (χ1v) is 10.1. The van der Waals surface area contributed by atoms with Crippen LogP contribution in [0.2, 0.25) is 0 Å². The highest BCUT2D eigenvalue weighted by Crippen LogP contribution is 2.23. The maximum Gasteiger partial charge on any atom is 0.123 e. The van der Waals surface area contributed by atoms with Crippen LogP contribution in [0, 0.1) is 5.82 Å². The van der Waals surface area contributed by atoms with Gasteiger partial charge in [-0.1, -0.05) is 25.1 Å². The summed E-state index contributed by atoms with van der Waals surface area (Å²) >= 11 is 3.72. The molecule has 0 saturated heterocycles. The number of hydrogen-bond donors (Lipinski definition) is 0. The van der Waals surface area contributed by atoms with E-state index in [-0.39, 0.29) is 5.82 Å². The second kappa shape index (κ2) is 10.6. The Hall–Kier alpha value is -1.13. The summed E-state index contributed by atoms with van der Waals surface area (Å²) in [5.74, 6) is 3.88. The summed E-state index contributed by atoms with van der Waals surface area (Å²) in [5, 5.41) is 0.